The number of amides is 2. The van der Waals surface area contributed by atoms with Gasteiger partial charge in [0.05, 0.1) is 11.2 Å². The van der Waals surface area contributed by atoms with Gasteiger partial charge in [0.1, 0.15) is 17.9 Å². The summed E-state index contributed by atoms with van der Waals surface area (Å²) < 4.78 is 6.05. The molecule has 0 aliphatic rings. The molecule has 0 radical (unpaired) electrons. The Morgan fingerprint density at radius 1 is 1.41 bits per heavy atom. The number of hydrazine groups is 1. The monoisotopic (exact) mass is 307 g/mol. The first-order valence-corrected chi connectivity index (χ1v) is 6.21. The molecule has 2 heterocycles. The first kappa shape index (κ1) is 15.2. The maximum Gasteiger partial charge on any atom is 0.312 e. The zero-order valence-electron chi connectivity index (χ0n) is 11.8. The molecule has 0 saturated heterocycles. The number of furan rings is 1. The summed E-state index contributed by atoms with van der Waals surface area (Å²) in [7, 11) is 0. The van der Waals surface area contributed by atoms with Crippen LogP contribution >= 0.6 is 0 Å². The number of aryl methyl sites for hydroxylation is 1. The Hall–Kier alpha value is -3.17. The molecule has 2 aromatic heterocycles. The SMILES string of the molecule is Cc1nn(CC(=O)NNC(=O)c2ccco2)c(C)c1[N+](=O)[O-]. The van der Waals surface area contributed by atoms with Crippen molar-refractivity contribution in [1.82, 2.24) is 20.6 Å². The van der Waals surface area contributed by atoms with Gasteiger partial charge < -0.3 is 4.42 Å². The summed E-state index contributed by atoms with van der Waals surface area (Å²) in [5.74, 6) is -1.15. The lowest BCUT2D eigenvalue weighted by Gasteiger charge is -2.06. The van der Waals surface area contributed by atoms with Crippen molar-refractivity contribution in [2.45, 2.75) is 20.4 Å². The van der Waals surface area contributed by atoms with Gasteiger partial charge in [-0.15, -0.1) is 0 Å². The standard InChI is InChI=1S/C12H13N5O5/c1-7-11(17(20)21)8(2)16(15-7)6-10(18)13-14-12(19)9-4-3-5-22-9/h3-5H,6H2,1-2H3,(H,13,18)(H,14,19). The highest BCUT2D eigenvalue weighted by atomic mass is 16.6. The minimum absolute atomic E-state index is 0.0436. The topological polar surface area (TPSA) is 132 Å². The highest BCUT2D eigenvalue weighted by Crippen LogP contribution is 2.21. The van der Waals surface area contributed by atoms with Crippen molar-refractivity contribution in [1.29, 1.82) is 0 Å². The van der Waals surface area contributed by atoms with Crippen LogP contribution in [0.2, 0.25) is 0 Å². The van der Waals surface area contributed by atoms with Crippen molar-refractivity contribution in [2.75, 3.05) is 0 Å². The molecule has 2 aromatic rings. The number of nitrogens with zero attached hydrogens (tertiary/aromatic N) is 3. The molecule has 10 nitrogen and oxygen atoms in total. The number of carbonyl (C=O) groups excluding carboxylic acids is 2. The molecule has 0 spiro atoms. The molecule has 10 heteroatoms. The van der Waals surface area contributed by atoms with Crippen LogP contribution < -0.4 is 10.9 Å². The van der Waals surface area contributed by atoms with E-state index in [0.717, 1.165) is 0 Å². The number of nitro groups is 1. The molecule has 0 saturated carbocycles. The molecule has 2 N–H and O–H groups in total. The largest absolute Gasteiger partial charge is 0.459 e. The number of carbonyl (C=O) groups is 2. The Balaban J connectivity index is 1.97. The second-order valence-electron chi connectivity index (χ2n) is 4.41. The third kappa shape index (κ3) is 3.11. The van der Waals surface area contributed by atoms with E-state index in [-0.39, 0.29) is 29.4 Å². The van der Waals surface area contributed by atoms with Crippen molar-refractivity contribution in [3.63, 3.8) is 0 Å². The number of nitrogens with one attached hydrogen (secondary N) is 2. The fourth-order valence-corrected chi connectivity index (χ4v) is 1.88. The van der Waals surface area contributed by atoms with Crippen LogP contribution in [-0.2, 0) is 11.3 Å². The molecule has 0 aliphatic carbocycles. The molecule has 0 bridgehead atoms. The van der Waals surface area contributed by atoms with Crippen LogP contribution in [0.3, 0.4) is 0 Å². The van der Waals surface area contributed by atoms with E-state index in [2.05, 4.69) is 16.0 Å². The molecule has 0 fully saturated rings. The van der Waals surface area contributed by atoms with Gasteiger partial charge >= 0.3 is 11.6 Å². The fraction of sp³-hybridized carbons (Fsp3) is 0.250. The van der Waals surface area contributed by atoms with Crippen molar-refractivity contribution in [2.24, 2.45) is 0 Å². The van der Waals surface area contributed by atoms with Crippen LogP contribution in [0.25, 0.3) is 0 Å². The molecule has 116 valence electrons. The number of hydrogen-bond donors (Lipinski definition) is 2. The molecular weight excluding hydrogens is 294 g/mol. The van der Waals surface area contributed by atoms with E-state index in [9.17, 15) is 19.7 Å². The van der Waals surface area contributed by atoms with E-state index in [1.54, 1.807) is 0 Å². The van der Waals surface area contributed by atoms with E-state index in [0.29, 0.717) is 0 Å². The molecule has 0 aliphatic heterocycles. The predicted octanol–water partition coefficient (Wildman–Crippen LogP) is 0.462. The summed E-state index contributed by atoms with van der Waals surface area (Å²) >= 11 is 0. The van der Waals surface area contributed by atoms with Crippen LogP contribution in [-0.4, -0.2) is 26.5 Å². The van der Waals surface area contributed by atoms with Crippen LogP contribution in [0.5, 0.6) is 0 Å². The zero-order chi connectivity index (χ0) is 16.3. The van der Waals surface area contributed by atoms with Gasteiger partial charge in [-0.3, -0.25) is 35.2 Å². The summed E-state index contributed by atoms with van der Waals surface area (Å²) in [6, 6.07) is 2.97. The first-order chi connectivity index (χ1) is 10.4. The van der Waals surface area contributed by atoms with E-state index in [1.165, 1.54) is 36.9 Å². The van der Waals surface area contributed by atoms with E-state index >= 15 is 0 Å². The lowest BCUT2D eigenvalue weighted by atomic mass is 10.3. The third-order valence-electron chi connectivity index (χ3n) is 2.88. The lowest BCUT2D eigenvalue weighted by Crippen LogP contribution is -2.43. The van der Waals surface area contributed by atoms with Crippen LogP contribution in [0, 0.1) is 24.0 Å². The van der Waals surface area contributed by atoms with Gasteiger partial charge in [0.15, 0.2) is 5.76 Å². The molecule has 0 atom stereocenters. The Morgan fingerprint density at radius 2 is 2.14 bits per heavy atom. The predicted molar refractivity (Wildman–Crippen MR) is 72.7 cm³/mol. The Labute approximate surface area is 124 Å². The second kappa shape index (κ2) is 6.08. The highest BCUT2D eigenvalue weighted by Gasteiger charge is 2.22. The zero-order valence-corrected chi connectivity index (χ0v) is 11.8. The fourth-order valence-electron chi connectivity index (χ4n) is 1.88. The van der Waals surface area contributed by atoms with Crippen LogP contribution in [0.1, 0.15) is 21.9 Å². The van der Waals surface area contributed by atoms with Gasteiger partial charge in [0.25, 0.3) is 5.91 Å². The second-order valence-corrected chi connectivity index (χ2v) is 4.41. The lowest BCUT2D eigenvalue weighted by molar-refractivity contribution is -0.386. The minimum atomic E-state index is -0.613. The Morgan fingerprint density at radius 3 is 2.68 bits per heavy atom. The normalized spacial score (nSPS) is 10.3. The number of aromatic nitrogens is 2. The highest BCUT2D eigenvalue weighted by molar-refractivity contribution is 5.92. The van der Waals surface area contributed by atoms with E-state index in [1.807, 2.05) is 0 Å². The Kier molecular flexibility index (Phi) is 4.20. The van der Waals surface area contributed by atoms with Crippen LogP contribution in [0.15, 0.2) is 22.8 Å². The molecule has 0 aromatic carbocycles. The molecule has 2 rings (SSSR count). The average Bonchev–Trinajstić information content (AvgIpc) is 3.05. The first-order valence-electron chi connectivity index (χ1n) is 6.21. The molecule has 0 unspecified atom stereocenters. The summed E-state index contributed by atoms with van der Waals surface area (Å²) in [5, 5.41) is 14.8. The van der Waals surface area contributed by atoms with Crippen molar-refractivity contribution < 1.29 is 18.9 Å². The van der Waals surface area contributed by atoms with Gasteiger partial charge in [0.2, 0.25) is 0 Å². The molecule has 2 amide bonds. The van der Waals surface area contributed by atoms with Crippen molar-refractivity contribution in [3.05, 3.63) is 45.7 Å². The average molecular weight is 307 g/mol. The van der Waals surface area contributed by atoms with Gasteiger partial charge in [-0.1, -0.05) is 0 Å². The maximum atomic E-state index is 11.7. The van der Waals surface area contributed by atoms with Gasteiger partial charge in [-0.2, -0.15) is 5.10 Å². The van der Waals surface area contributed by atoms with E-state index < -0.39 is 16.7 Å². The summed E-state index contributed by atoms with van der Waals surface area (Å²) in [6.07, 6.45) is 1.33. The van der Waals surface area contributed by atoms with E-state index in [4.69, 9.17) is 4.42 Å². The molecular formula is C12H13N5O5. The maximum absolute atomic E-state index is 11.7. The van der Waals surface area contributed by atoms with Crippen molar-refractivity contribution in [3.8, 4) is 0 Å². The Bertz CT molecular complexity index is 719. The number of hydrogen-bond acceptors (Lipinski definition) is 6. The third-order valence-corrected chi connectivity index (χ3v) is 2.88. The smallest absolute Gasteiger partial charge is 0.312 e. The van der Waals surface area contributed by atoms with Gasteiger partial charge in [0, 0.05) is 0 Å². The summed E-state index contributed by atoms with van der Waals surface area (Å²) in [6.45, 7) is 2.71. The summed E-state index contributed by atoms with van der Waals surface area (Å²) in [5.41, 5.74) is 4.68. The molecule has 22 heavy (non-hydrogen) atoms. The number of rotatable bonds is 4. The summed E-state index contributed by atoms with van der Waals surface area (Å²) in [4.78, 5) is 33.6. The van der Waals surface area contributed by atoms with Gasteiger partial charge in [-0.25, -0.2) is 0 Å². The van der Waals surface area contributed by atoms with Gasteiger partial charge in [-0.05, 0) is 26.0 Å². The van der Waals surface area contributed by atoms with Crippen molar-refractivity contribution >= 4 is 17.5 Å². The van der Waals surface area contributed by atoms with Crippen LogP contribution in [0.4, 0.5) is 5.69 Å². The minimum Gasteiger partial charge on any atom is -0.459 e. The quantitative estimate of drug-likeness (QED) is 0.623.